The molecule has 4 nitrogen and oxygen atoms in total. The predicted molar refractivity (Wildman–Crippen MR) is 86.4 cm³/mol. The number of nitrogens with zero attached hydrogens (tertiary/aromatic N) is 1. The van der Waals surface area contributed by atoms with Gasteiger partial charge in [-0.3, -0.25) is 4.79 Å². The van der Waals surface area contributed by atoms with Crippen LogP contribution < -0.4 is 5.32 Å². The van der Waals surface area contributed by atoms with E-state index in [9.17, 15) is 18.7 Å². The Hall–Kier alpha value is -1.53. The molecule has 1 aliphatic heterocycles. The Morgan fingerprint density at radius 2 is 1.92 bits per heavy atom. The van der Waals surface area contributed by atoms with Gasteiger partial charge < -0.3 is 15.3 Å². The zero-order valence-corrected chi connectivity index (χ0v) is 13.7. The smallest absolute Gasteiger partial charge is 0.249 e. The Bertz CT molecular complexity index is 584. The van der Waals surface area contributed by atoms with Crippen LogP contribution in [-0.2, 0) is 11.2 Å². The first-order chi connectivity index (χ1) is 11.5. The summed E-state index contributed by atoms with van der Waals surface area (Å²) in [6.45, 7) is 2.38. The molecule has 1 saturated carbocycles. The van der Waals surface area contributed by atoms with Crippen molar-refractivity contribution in [2.75, 3.05) is 19.6 Å². The van der Waals surface area contributed by atoms with Crippen molar-refractivity contribution >= 4 is 5.91 Å². The average Bonchev–Trinajstić information content (AvgIpc) is 3.39. The molecular weight excluding hydrogens is 314 g/mol. The van der Waals surface area contributed by atoms with Crippen LogP contribution in [0.3, 0.4) is 0 Å². The summed E-state index contributed by atoms with van der Waals surface area (Å²) in [5.74, 6) is -1.87. The highest BCUT2D eigenvalue weighted by Gasteiger charge is 2.32. The molecule has 0 radical (unpaired) electrons. The second-order valence-electron chi connectivity index (χ2n) is 6.91. The van der Waals surface area contributed by atoms with Crippen LogP contribution in [0, 0.1) is 17.6 Å². The summed E-state index contributed by atoms with van der Waals surface area (Å²) < 4.78 is 26.1. The molecule has 1 aromatic rings. The molecule has 1 atom stereocenters. The first-order valence-corrected chi connectivity index (χ1v) is 8.67. The highest BCUT2D eigenvalue weighted by molar-refractivity contribution is 5.81. The van der Waals surface area contributed by atoms with E-state index in [0.717, 1.165) is 56.9 Å². The Morgan fingerprint density at radius 1 is 1.21 bits per heavy atom. The number of carbonyl (C=O) groups excluding carboxylic acids is 1. The topological polar surface area (TPSA) is 52.6 Å². The normalized spacial score (nSPS) is 20.8. The quantitative estimate of drug-likeness (QED) is 0.832. The predicted octanol–water partition coefficient (Wildman–Crippen LogP) is 1.86. The summed E-state index contributed by atoms with van der Waals surface area (Å²) >= 11 is 0. The van der Waals surface area contributed by atoms with Gasteiger partial charge in [-0.15, -0.1) is 0 Å². The van der Waals surface area contributed by atoms with Crippen molar-refractivity contribution in [3.05, 3.63) is 35.4 Å². The number of aliphatic hydroxyl groups excluding tert-OH is 1. The van der Waals surface area contributed by atoms with E-state index < -0.39 is 17.7 Å². The standard InChI is InChI=1S/C18H24F2N2O2/c19-15-4-1-12(11-16(15)20)5-8-22-9-6-13(7-10-22)17(23)18(24)21-14-2-3-14/h1,4,11,13-14,17,23H,2-3,5-10H2,(H,21,24). The minimum absolute atomic E-state index is 0.00302. The van der Waals surface area contributed by atoms with Gasteiger partial charge in [0.1, 0.15) is 6.10 Å². The Balaban J connectivity index is 1.41. The monoisotopic (exact) mass is 338 g/mol. The number of rotatable bonds is 6. The number of benzene rings is 1. The second kappa shape index (κ2) is 7.57. The maximum atomic E-state index is 13.2. The number of amides is 1. The molecule has 1 unspecified atom stereocenters. The number of hydrogen-bond acceptors (Lipinski definition) is 3. The van der Waals surface area contributed by atoms with Crippen molar-refractivity contribution < 1.29 is 18.7 Å². The van der Waals surface area contributed by atoms with Crippen molar-refractivity contribution in [3.63, 3.8) is 0 Å². The molecule has 1 heterocycles. The number of hydrogen-bond donors (Lipinski definition) is 2. The molecule has 0 bridgehead atoms. The fourth-order valence-electron chi connectivity index (χ4n) is 3.20. The molecule has 1 amide bonds. The number of piperidine rings is 1. The van der Waals surface area contributed by atoms with E-state index in [4.69, 9.17) is 0 Å². The molecule has 2 N–H and O–H groups in total. The van der Waals surface area contributed by atoms with E-state index >= 15 is 0 Å². The maximum absolute atomic E-state index is 13.2. The van der Waals surface area contributed by atoms with Gasteiger partial charge in [0.15, 0.2) is 11.6 Å². The number of likely N-dealkylation sites (tertiary alicyclic amines) is 1. The van der Waals surface area contributed by atoms with Crippen LogP contribution in [0.2, 0.25) is 0 Å². The molecule has 2 fully saturated rings. The molecule has 1 aromatic carbocycles. The second-order valence-corrected chi connectivity index (χ2v) is 6.91. The number of halogens is 2. The highest BCUT2D eigenvalue weighted by atomic mass is 19.2. The van der Waals surface area contributed by atoms with Gasteiger partial charge in [0.2, 0.25) is 5.91 Å². The van der Waals surface area contributed by atoms with Gasteiger partial charge in [-0.2, -0.15) is 0 Å². The minimum atomic E-state index is -0.918. The van der Waals surface area contributed by atoms with E-state index in [2.05, 4.69) is 10.2 Å². The molecule has 1 saturated heterocycles. The molecule has 2 aliphatic rings. The zero-order valence-electron chi connectivity index (χ0n) is 13.7. The number of nitrogens with one attached hydrogen (secondary N) is 1. The summed E-state index contributed by atoms with van der Waals surface area (Å²) in [4.78, 5) is 14.1. The lowest BCUT2D eigenvalue weighted by atomic mass is 9.90. The van der Waals surface area contributed by atoms with E-state index in [-0.39, 0.29) is 17.9 Å². The van der Waals surface area contributed by atoms with Crippen LogP contribution in [0.4, 0.5) is 8.78 Å². The highest BCUT2D eigenvalue weighted by Crippen LogP contribution is 2.23. The number of carbonyl (C=O) groups is 1. The molecule has 132 valence electrons. The summed E-state index contributed by atoms with van der Waals surface area (Å²) in [5, 5.41) is 13.0. The lowest BCUT2D eigenvalue weighted by Gasteiger charge is -2.33. The van der Waals surface area contributed by atoms with Crippen LogP contribution in [0.5, 0.6) is 0 Å². The van der Waals surface area contributed by atoms with Gasteiger partial charge in [0.05, 0.1) is 0 Å². The molecule has 0 aromatic heterocycles. The summed E-state index contributed by atoms with van der Waals surface area (Å²) in [5.41, 5.74) is 0.778. The van der Waals surface area contributed by atoms with Crippen LogP contribution in [0.25, 0.3) is 0 Å². The lowest BCUT2D eigenvalue weighted by molar-refractivity contribution is -0.133. The Kier molecular flexibility index (Phi) is 5.46. The van der Waals surface area contributed by atoms with Crippen LogP contribution in [-0.4, -0.2) is 47.7 Å². The van der Waals surface area contributed by atoms with Crippen molar-refractivity contribution in [1.29, 1.82) is 0 Å². The van der Waals surface area contributed by atoms with E-state index in [1.165, 1.54) is 6.07 Å². The third kappa shape index (κ3) is 4.51. The van der Waals surface area contributed by atoms with Gasteiger partial charge in [-0.05, 0) is 68.8 Å². The van der Waals surface area contributed by atoms with Crippen molar-refractivity contribution in [2.24, 2.45) is 5.92 Å². The molecule has 6 heteroatoms. The first-order valence-electron chi connectivity index (χ1n) is 8.67. The third-order valence-corrected chi connectivity index (χ3v) is 4.97. The molecule has 24 heavy (non-hydrogen) atoms. The van der Waals surface area contributed by atoms with Crippen LogP contribution >= 0.6 is 0 Å². The van der Waals surface area contributed by atoms with Gasteiger partial charge in [0.25, 0.3) is 0 Å². The van der Waals surface area contributed by atoms with Gasteiger partial charge in [0, 0.05) is 12.6 Å². The molecule has 0 spiro atoms. The largest absolute Gasteiger partial charge is 0.383 e. The molecule has 1 aliphatic carbocycles. The van der Waals surface area contributed by atoms with Crippen LogP contribution in [0.1, 0.15) is 31.2 Å². The van der Waals surface area contributed by atoms with Crippen molar-refractivity contribution in [2.45, 2.75) is 44.2 Å². The minimum Gasteiger partial charge on any atom is -0.383 e. The maximum Gasteiger partial charge on any atom is 0.249 e. The summed E-state index contributed by atoms with van der Waals surface area (Å²) in [6, 6.07) is 4.28. The van der Waals surface area contributed by atoms with Crippen LogP contribution in [0.15, 0.2) is 18.2 Å². The average molecular weight is 338 g/mol. The fourth-order valence-corrected chi connectivity index (χ4v) is 3.20. The molecule has 3 rings (SSSR count). The SMILES string of the molecule is O=C(NC1CC1)C(O)C1CCN(CCc2ccc(F)c(F)c2)CC1. The third-order valence-electron chi connectivity index (χ3n) is 4.97. The fraction of sp³-hybridized carbons (Fsp3) is 0.611. The van der Waals surface area contributed by atoms with E-state index in [1.807, 2.05) is 0 Å². The van der Waals surface area contributed by atoms with Crippen molar-refractivity contribution in [1.82, 2.24) is 10.2 Å². The first kappa shape index (κ1) is 17.3. The summed E-state index contributed by atoms with van der Waals surface area (Å²) in [7, 11) is 0. The van der Waals surface area contributed by atoms with Crippen molar-refractivity contribution in [3.8, 4) is 0 Å². The van der Waals surface area contributed by atoms with Gasteiger partial charge in [-0.25, -0.2) is 8.78 Å². The van der Waals surface area contributed by atoms with Gasteiger partial charge >= 0.3 is 0 Å². The molecular formula is C18H24F2N2O2. The van der Waals surface area contributed by atoms with E-state index in [1.54, 1.807) is 6.07 Å². The van der Waals surface area contributed by atoms with E-state index in [0.29, 0.717) is 6.42 Å². The lowest BCUT2D eigenvalue weighted by Crippen LogP contribution is -2.45. The number of aliphatic hydroxyl groups is 1. The zero-order chi connectivity index (χ0) is 17.1. The Morgan fingerprint density at radius 3 is 2.54 bits per heavy atom. The summed E-state index contributed by atoms with van der Waals surface area (Å²) in [6.07, 6.45) is 3.32. The Labute approximate surface area is 140 Å². The van der Waals surface area contributed by atoms with Gasteiger partial charge in [-0.1, -0.05) is 6.07 Å².